The van der Waals surface area contributed by atoms with Crippen molar-refractivity contribution in [1.82, 2.24) is 9.97 Å². The average molecular weight is 356 g/mol. The molecule has 1 aromatic carbocycles. The van der Waals surface area contributed by atoms with Gasteiger partial charge < -0.3 is 10.4 Å². The molecule has 0 saturated heterocycles. The van der Waals surface area contributed by atoms with Crippen molar-refractivity contribution in [3.05, 3.63) is 40.5 Å². The van der Waals surface area contributed by atoms with E-state index in [1.807, 2.05) is 13.8 Å². The number of aliphatic hydroxyl groups is 1. The molecule has 0 saturated carbocycles. The van der Waals surface area contributed by atoms with E-state index < -0.39 is 5.54 Å². The molecular weight excluding hydrogens is 330 g/mol. The zero-order valence-electron chi connectivity index (χ0n) is 15.5. The fourth-order valence-electron chi connectivity index (χ4n) is 2.89. The van der Waals surface area contributed by atoms with Gasteiger partial charge in [0.05, 0.1) is 17.5 Å². The molecular formula is C20H25N3OS. The number of anilines is 1. The molecule has 0 aliphatic heterocycles. The Morgan fingerprint density at radius 2 is 1.92 bits per heavy atom. The van der Waals surface area contributed by atoms with E-state index in [0.717, 1.165) is 22.5 Å². The van der Waals surface area contributed by atoms with Crippen LogP contribution in [0.25, 0.3) is 21.3 Å². The number of aromatic nitrogens is 2. The normalized spacial score (nSPS) is 11.9. The molecule has 5 heteroatoms. The lowest BCUT2D eigenvalue weighted by Crippen LogP contribution is -2.35. The molecule has 0 aliphatic carbocycles. The number of nitrogens with zero attached hydrogens (tertiary/aromatic N) is 2. The van der Waals surface area contributed by atoms with Crippen molar-refractivity contribution >= 4 is 27.4 Å². The smallest absolute Gasteiger partial charge is 0.139 e. The van der Waals surface area contributed by atoms with Gasteiger partial charge in [-0.1, -0.05) is 25.1 Å². The van der Waals surface area contributed by atoms with Crippen LogP contribution in [-0.4, -0.2) is 27.2 Å². The summed E-state index contributed by atoms with van der Waals surface area (Å²) in [6.07, 6.45) is 2.55. The number of thiophene rings is 1. The van der Waals surface area contributed by atoms with Gasteiger partial charge in [0.1, 0.15) is 17.0 Å². The molecule has 25 heavy (non-hydrogen) atoms. The standard InChI is InChI=1S/C20H25N3OS/c1-6-15-16(14-8-7-12(2)13(3)9-14)17-18(23-20(4,5)10-24)21-11-22-19(17)25-15/h7-9,11,24H,6,10H2,1-5H3,(H,21,22,23). The number of hydrogen-bond donors (Lipinski definition) is 2. The first-order chi connectivity index (χ1) is 11.9. The van der Waals surface area contributed by atoms with Crippen LogP contribution in [0.2, 0.25) is 0 Å². The summed E-state index contributed by atoms with van der Waals surface area (Å²) in [7, 11) is 0. The molecule has 4 nitrogen and oxygen atoms in total. The number of aryl methyl sites for hydroxylation is 3. The number of hydrogen-bond acceptors (Lipinski definition) is 5. The first kappa shape index (κ1) is 17.8. The van der Waals surface area contributed by atoms with Crippen LogP contribution < -0.4 is 5.32 Å². The highest BCUT2D eigenvalue weighted by atomic mass is 32.1. The SMILES string of the molecule is CCc1sc2ncnc(NC(C)(C)CO)c2c1-c1ccc(C)c(C)c1. The maximum Gasteiger partial charge on any atom is 0.139 e. The van der Waals surface area contributed by atoms with E-state index in [0.29, 0.717) is 0 Å². The van der Waals surface area contributed by atoms with Gasteiger partial charge in [0, 0.05) is 10.4 Å². The Morgan fingerprint density at radius 1 is 1.16 bits per heavy atom. The molecule has 132 valence electrons. The molecule has 0 amide bonds. The van der Waals surface area contributed by atoms with Crippen LogP contribution in [0.5, 0.6) is 0 Å². The van der Waals surface area contributed by atoms with Gasteiger partial charge in [-0.25, -0.2) is 9.97 Å². The minimum absolute atomic E-state index is 0.0300. The highest BCUT2D eigenvalue weighted by Crippen LogP contribution is 2.42. The zero-order valence-corrected chi connectivity index (χ0v) is 16.3. The van der Waals surface area contributed by atoms with Crippen molar-refractivity contribution in [2.24, 2.45) is 0 Å². The number of nitrogens with one attached hydrogen (secondary N) is 1. The van der Waals surface area contributed by atoms with Crippen molar-refractivity contribution in [3.8, 4) is 11.1 Å². The Balaban J connectivity index is 2.27. The summed E-state index contributed by atoms with van der Waals surface area (Å²) < 4.78 is 0. The molecule has 2 N–H and O–H groups in total. The van der Waals surface area contributed by atoms with Gasteiger partial charge in [-0.05, 0) is 50.8 Å². The van der Waals surface area contributed by atoms with Crippen molar-refractivity contribution in [2.75, 3.05) is 11.9 Å². The highest BCUT2D eigenvalue weighted by molar-refractivity contribution is 7.19. The van der Waals surface area contributed by atoms with E-state index in [-0.39, 0.29) is 6.61 Å². The van der Waals surface area contributed by atoms with E-state index >= 15 is 0 Å². The molecule has 0 radical (unpaired) electrons. The second-order valence-electron chi connectivity index (χ2n) is 7.12. The van der Waals surface area contributed by atoms with Gasteiger partial charge in [-0.15, -0.1) is 11.3 Å². The first-order valence-corrected chi connectivity index (χ1v) is 9.41. The van der Waals surface area contributed by atoms with Crippen LogP contribution in [0.15, 0.2) is 24.5 Å². The van der Waals surface area contributed by atoms with Gasteiger partial charge in [0.25, 0.3) is 0 Å². The van der Waals surface area contributed by atoms with Gasteiger partial charge in [0.15, 0.2) is 0 Å². The largest absolute Gasteiger partial charge is 0.394 e. The highest BCUT2D eigenvalue weighted by Gasteiger charge is 2.22. The summed E-state index contributed by atoms with van der Waals surface area (Å²) in [5, 5.41) is 14.1. The Bertz CT molecular complexity index is 915. The van der Waals surface area contributed by atoms with Gasteiger partial charge in [-0.2, -0.15) is 0 Å². The number of fused-ring (bicyclic) bond motifs is 1. The molecule has 3 rings (SSSR count). The topological polar surface area (TPSA) is 58.0 Å². The molecule has 0 spiro atoms. The fraction of sp³-hybridized carbons (Fsp3) is 0.400. The van der Waals surface area contributed by atoms with Crippen molar-refractivity contribution in [1.29, 1.82) is 0 Å². The van der Waals surface area contributed by atoms with Crippen molar-refractivity contribution in [3.63, 3.8) is 0 Å². The Hall–Kier alpha value is -1.98. The monoisotopic (exact) mass is 355 g/mol. The van der Waals surface area contributed by atoms with Gasteiger partial charge in [-0.3, -0.25) is 0 Å². The van der Waals surface area contributed by atoms with E-state index in [1.54, 1.807) is 17.7 Å². The molecule has 0 atom stereocenters. The maximum absolute atomic E-state index is 9.63. The minimum atomic E-state index is -0.448. The summed E-state index contributed by atoms with van der Waals surface area (Å²) in [6, 6.07) is 6.59. The third-order valence-corrected chi connectivity index (χ3v) is 5.77. The van der Waals surface area contributed by atoms with Crippen molar-refractivity contribution in [2.45, 2.75) is 46.6 Å². The Kier molecular flexibility index (Phi) is 4.80. The summed E-state index contributed by atoms with van der Waals surface area (Å²) in [6.45, 7) is 10.4. The predicted molar refractivity (Wildman–Crippen MR) is 106 cm³/mol. The summed E-state index contributed by atoms with van der Waals surface area (Å²) in [5.74, 6) is 0.785. The Labute approximate surface area is 153 Å². The summed E-state index contributed by atoms with van der Waals surface area (Å²) in [4.78, 5) is 11.3. The van der Waals surface area contributed by atoms with Crippen LogP contribution in [0.3, 0.4) is 0 Å². The van der Waals surface area contributed by atoms with Gasteiger partial charge in [0.2, 0.25) is 0 Å². The fourth-order valence-corrected chi connectivity index (χ4v) is 3.99. The lowest BCUT2D eigenvalue weighted by Gasteiger charge is -2.24. The van der Waals surface area contributed by atoms with E-state index in [4.69, 9.17) is 0 Å². The zero-order chi connectivity index (χ0) is 18.2. The minimum Gasteiger partial charge on any atom is -0.394 e. The quantitative estimate of drug-likeness (QED) is 0.695. The second kappa shape index (κ2) is 6.73. The molecule has 3 aromatic rings. The third kappa shape index (κ3) is 3.39. The molecule has 0 bridgehead atoms. The number of benzene rings is 1. The van der Waals surface area contributed by atoms with Gasteiger partial charge >= 0.3 is 0 Å². The average Bonchev–Trinajstić information content (AvgIpc) is 2.97. The third-order valence-electron chi connectivity index (χ3n) is 4.53. The number of rotatable bonds is 5. The molecule has 0 unspecified atom stereocenters. The maximum atomic E-state index is 9.63. The van der Waals surface area contributed by atoms with E-state index in [2.05, 4.69) is 54.3 Å². The van der Waals surface area contributed by atoms with Crippen LogP contribution in [-0.2, 0) is 6.42 Å². The lowest BCUT2D eigenvalue weighted by molar-refractivity contribution is 0.234. The molecule has 0 fully saturated rings. The predicted octanol–water partition coefficient (Wildman–Crippen LogP) is 4.72. The lowest BCUT2D eigenvalue weighted by atomic mass is 9.97. The summed E-state index contributed by atoms with van der Waals surface area (Å²) in [5.41, 5.74) is 4.53. The van der Waals surface area contributed by atoms with Crippen LogP contribution in [0, 0.1) is 13.8 Å². The molecule has 2 heterocycles. The van der Waals surface area contributed by atoms with Crippen molar-refractivity contribution < 1.29 is 5.11 Å². The first-order valence-electron chi connectivity index (χ1n) is 8.59. The Morgan fingerprint density at radius 3 is 2.56 bits per heavy atom. The van der Waals surface area contributed by atoms with E-state index in [1.165, 1.54) is 27.1 Å². The molecule has 2 aromatic heterocycles. The number of aliphatic hydroxyl groups excluding tert-OH is 1. The van der Waals surface area contributed by atoms with Crippen LogP contribution in [0.4, 0.5) is 5.82 Å². The molecule has 0 aliphatic rings. The van der Waals surface area contributed by atoms with E-state index in [9.17, 15) is 5.11 Å². The summed E-state index contributed by atoms with van der Waals surface area (Å²) >= 11 is 1.72. The second-order valence-corrected chi connectivity index (χ2v) is 8.21. The van der Waals surface area contributed by atoms with Crippen LogP contribution >= 0.6 is 11.3 Å². The van der Waals surface area contributed by atoms with Crippen LogP contribution in [0.1, 0.15) is 36.8 Å².